The van der Waals surface area contributed by atoms with Gasteiger partial charge in [-0.2, -0.15) is 9.40 Å². The third kappa shape index (κ3) is 5.93. The molecule has 1 saturated heterocycles. The van der Waals surface area contributed by atoms with Crippen LogP contribution in [-0.4, -0.2) is 78.2 Å². The first-order valence-electron chi connectivity index (χ1n) is 12.4. The third-order valence-corrected chi connectivity index (χ3v) is 8.43. The van der Waals surface area contributed by atoms with Crippen molar-refractivity contribution in [1.82, 2.24) is 24.0 Å². The molecule has 3 heterocycles. The minimum Gasteiger partial charge on any atom is -0.461 e. The van der Waals surface area contributed by atoms with Gasteiger partial charge in [-0.15, -0.1) is 12.4 Å². The van der Waals surface area contributed by atoms with E-state index in [1.54, 1.807) is 50.3 Å². The van der Waals surface area contributed by atoms with E-state index in [9.17, 15) is 17.6 Å². The number of likely N-dealkylation sites (N-methyl/N-ethyl adjacent to an activating group) is 1. The summed E-state index contributed by atoms with van der Waals surface area (Å²) in [6.07, 6.45) is 4.11. The van der Waals surface area contributed by atoms with Gasteiger partial charge < -0.3 is 10.1 Å². The van der Waals surface area contributed by atoms with E-state index in [0.717, 1.165) is 18.4 Å². The molecule has 1 saturated carbocycles. The largest absolute Gasteiger partial charge is 0.461 e. The monoisotopic (exact) mass is 566 g/mol. The molecule has 2 aromatic heterocycles. The number of halogens is 2. The summed E-state index contributed by atoms with van der Waals surface area (Å²) < 4.78 is 49.4. The molecule has 10 nitrogen and oxygen atoms in total. The van der Waals surface area contributed by atoms with Gasteiger partial charge in [-0.05, 0) is 76.5 Å². The molecule has 0 amide bonds. The van der Waals surface area contributed by atoms with Gasteiger partial charge in [0.25, 0.3) is 10.0 Å². The molecular formula is C25H32ClFN6O4S. The molecule has 0 bridgehead atoms. The smallest absolute Gasteiger partial charge is 0.320 e. The van der Waals surface area contributed by atoms with Crippen molar-refractivity contribution in [2.75, 3.05) is 39.0 Å². The van der Waals surface area contributed by atoms with Crippen LogP contribution in [0.15, 0.2) is 35.5 Å². The van der Waals surface area contributed by atoms with Crippen molar-refractivity contribution in [2.24, 2.45) is 0 Å². The number of piperidine rings is 1. The summed E-state index contributed by atoms with van der Waals surface area (Å²) >= 11 is 0. The summed E-state index contributed by atoms with van der Waals surface area (Å²) in [7, 11) is -0.287. The van der Waals surface area contributed by atoms with E-state index in [1.165, 1.54) is 10.4 Å². The molecule has 0 spiro atoms. The van der Waals surface area contributed by atoms with E-state index < -0.39 is 10.0 Å². The fraction of sp³-hybridized carbons (Fsp3) is 0.480. The van der Waals surface area contributed by atoms with E-state index >= 15 is 0 Å². The highest BCUT2D eigenvalue weighted by Gasteiger charge is 2.33. The summed E-state index contributed by atoms with van der Waals surface area (Å²) in [6, 6.07) is 6.51. The van der Waals surface area contributed by atoms with Crippen LogP contribution in [0.1, 0.15) is 37.3 Å². The third-order valence-electron chi connectivity index (χ3n) is 6.63. The van der Waals surface area contributed by atoms with Gasteiger partial charge in [0, 0.05) is 24.2 Å². The van der Waals surface area contributed by atoms with Crippen molar-refractivity contribution in [3.8, 4) is 0 Å². The van der Waals surface area contributed by atoms with Gasteiger partial charge in [-0.25, -0.2) is 17.8 Å². The molecule has 2 aliphatic rings. The van der Waals surface area contributed by atoms with E-state index in [2.05, 4.69) is 10.3 Å². The zero-order valence-electron chi connectivity index (χ0n) is 21.6. The second kappa shape index (κ2) is 11.1. The van der Waals surface area contributed by atoms with Crippen LogP contribution in [0.2, 0.25) is 0 Å². The Morgan fingerprint density at radius 3 is 2.53 bits per heavy atom. The first-order valence-corrected chi connectivity index (χ1v) is 13.8. The number of esters is 1. The molecule has 1 aromatic carbocycles. The molecule has 13 heteroatoms. The number of anilines is 2. The molecule has 1 aliphatic heterocycles. The number of nitrogens with one attached hydrogen (secondary N) is 1. The molecule has 3 aromatic rings. The molecule has 0 unspecified atom stereocenters. The number of rotatable bonds is 8. The van der Waals surface area contributed by atoms with Crippen molar-refractivity contribution >= 4 is 50.8 Å². The molecule has 0 atom stereocenters. The molecule has 5 rings (SSSR count). The second-order valence-corrected chi connectivity index (χ2v) is 11.9. The zero-order chi connectivity index (χ0) is 26.3. The lowest BCUT2D eigenvalue weighted by Gasteiger charge is -2.30. The lowest BCUT2D eigenvalue weighted by molar-refractivity contribution is -0.151. The maximum atomic E-state index is 13.8. The number of fused-ring (bicyclic) bond motifs is 1. The summed E-state index contributed by atoms with van der Waals surface area (Å²) in [5.41, 5.74) is 1.90. The number of benzene rings is 1. The van der Waals surface area contributed by atoms with Crippen LogP contribution < -0.4 is 5.32 Å². The SMILES string of the molecule is Cc1cc(Nc2nn(C3CC3)c3cnc(S(=O)(=O)N4CCC(OC(=O)CN(C)C)CC4)cc23)ccc1F.Cl. The van der Waals surface area contributed by atoms with Crippen molar-refractivity contribution in [1.29, 1.82) is 0 Å². The predicted molar refractivity (Wildman–Crippen MR) is 144 cm³/mol. The average Bonchev–Trinajstić information content (AvgIpc) is 3.63. The molecule has 2 fully saturated rings. The van der Waals surface area contributed by atoms with Crippen molar-refractivity contribution in [3.05, 3.63) is 41.8 Å². The number of nitrogens with zero attached hydrogens (tertiary/aromatic N) is 5. The Balaban J connectivity index is 0.00000336. The van der Waals surface area contributed by atoms with Crippen molar-refractivity contribution in [3.63, 3.8) is 0 Å². The van der Waals surface area contributed by atoms with Crippen LogP contribution in [0.3, 0.4) is 0 Å². The van der Waals surface area contributed by atoms with Crippen molar-refractivity contribution < 1.29 is 22.3 Å². The highest BCUT2D eigenvalue weighted by atomic mass is 35.5. The Labute approximate surface area is 227 Å². The van der Waals surface area contributed by atoms with Gasteiger partial charge in [-0.3, -0.25) is 14.4 Å². The average molecular weight is 567 g/mol. The van der Waals surface area contributed by atoms with Gasteiger partial charge in [0.1, 0.15) is 11.9 Å². The number of carbonyl (C=O) groups is 1. The van der Waals surface area contributed by atoms with Gasteiger partial charge in [-0.1, -0.05) is 0 Å². The number of hydrogen-bond acceptors (Lipinski definition) is 8. The van der Waals surface area contributed by atoms with Crippen LogP contribution in [0.4, 0.5) is 15.9 Å². The topological polar surface area (TPSA) is 110 Å². The maximum Gasteiger partial charge on any atom is 0.320 e. The fourth-order valence-electron chi connectivity index (χ4n) is 4.51. The summed E-state index contributed by atoms with van der Waals surface area (Å²) in [4.78, 5) is 18.0. The number of aromatic nitrogens is 3. The zero-order valence-corrected chi connectivity index (χ0v) is 23.2. The molecule has 38 heavy (non-hydrogen) atoms. The maximum absolute atomic E-state index is 13.8. The van der Waals surface area contributed by atoms with Crippen LogP contribution in [0.5, 0.6) is 0 Å². The Kier molecular flexibility index (Phi) is 8.26. The Hall–Kier alpha value is -2.80. The highest BCUT2D eigenvalue weighted by molar-refractivity contribution is 7.89. The molecular weight excluding hydrogens is 535 g/mol. The molecule has 1 aliphatic carbocycles. The molecule has 0 radical (unpaired) electrons. The van der Waals surface area contributed by atoms with Crippen molar-refractivity contribution in [2.45, 2.75) is 49.8 Å². The van der Waals surface area contributed by atoms with Gasteiger partial charge in [0.2, 0.25) is 0 Å². The van der Waals surface area contributed by atoms with E-state index in [-0.39, 0.29) is 61.0 Å². The Bertz CT molecular complexity index is 1440. The number of hydrogen-bond donors (Lipinski definition) is 1. The lowest BCUT2D eigenvalue weighted by Crippen LogP contribution is -2.42. The highest BCUT2D eigenvalue weighted by Crippen LogP contribution is 2.39. The standard InChI is InChI=1S/C25H31FN6O4S.ClH/c1-16-12-17(4-7-21(16)26)28-25-20-13-23(27-14-22(20)32(29-25)18-5-6-18)37(34,35)31-10-8-19(9-11-31)36-24(33)15-30(2)3;/h4,7,12-14,18-19H,5-6,8-11,15H2,1-3H3,(H,28,29);1H. The van der Waals surface area contributed by atoms with E-state index in [4.69, 9.17) is 9.84 Å². The second-order valence-electron chi connectivity index (χ2n) is 9.98. The normalized spacial score (nSPS) is 17.0. The summed E-state index contributed by atoms with van der Waals surface area (Å²) in [5, 5.41) is 8.51. The Morgan fingerprint density at radius 1 is 1.18 bits per heavy atom. The summed E-state index contributed by atoms with van der Waals surface area (Å²) in [5.74, 6) is -0.117. The number of pyridine rings is 1. The minimum atomic E-state index is -3.86. The molecule has 206 valence electrons. The van der Waals surface area contributed by atoms with Crippen LogP contribution in [0, 0.1) is 12.7 Å². The Morgan fingerprint density at radius 2 is 1.89 bits per heavy atom. The van der Waals surface area contributed by atoms with Gasteiger partial charge in [0.15, 0.2) is 10.8 Å². The van der Waals surface area contributed by atoms with Crippen LogP contribution in [-0.2, 0) is 19.6 Å². The first kappa shape index (κ1) is 28.2. The predicted octanol–water partition coefficient (Wildman–Crippen LogP) is 3.64. The number of ether oxygens (including phenoxy) is 1. The number of aryl methyl sites for hydroxylation is 1. The minimum absolute atomic E-state index is 0. The van der Waals surface area contributed by atoms with Crippen LogP contribution in [0.25, 0.3) is 10.9 Å². The summed E-state index contributed by atoms with van der Waals surface area (Å²) in [6.45, 7) is 2.35. The quantitative estimate of drug-likeness (QED) is 0.412. The fourth-order valence-corrected chi connectivity index (χ4v) is 5.92. The van der Waals surface area contributed by atoms with E-state index in [1.807, 2.05) is 4.68 Å². The first-order chi connectivity index (χ1) is 17.6. The molecule has 1 N–H and O–H groups in total. The van der Waals surface area contributed by atoms with Gasteiger partial charge in [0.05, 0.1) is 24.3 Å². The lowest BCUT2D eigenvalue weighted by atomic mass is 10.1. The number of carbonyl (C=O) groups excluding carboxylic acids is 1. The van der Waals surface area contributed by atoms with Gasteiger partial charge >= 0.3 is 5.97 Å². The number of sulfonamides is 1. The van der Waals surface area contributed by atoms with Crippen LogP contribution >= 0.6 is 12.4 Å². The van der Waals surface area contributed by atoms with E-state index in [0.29, 0.717) is 35.3 Å².